The second-order valence-electron chi connectivity index (χ2n) is 9.83. The maximum atomic E-state index is 13.5. The van der Waals surface area contributed by atoms with Crippen LogP contribution in [0.5, 0.6) is 0 Å². The maximum Gasteiger partial charge on any atom is 0.352 e. The Bertz CT molecular complexity index is 1660. The zero-order chi connectivity index (χ0) is 30.6. The molecule has 1 aliphatic heterocycles. The van der Waals surface area contributed by atoms with Crippen LogP contribution in [0.15, 0.2) is 70.0 Å². The first-order chi connectivity index (χ1) is 20.0. The molecule has 2 amide bonds. The SMILES string of the molecule is COCC(Cn1c(=O)cnn(-c2ccc(C)c(NC(=O)C3=CN(C)C(=O)C[C@H]3c3ccc(F)cc3)c2)c1=O)OC(C)=O. The molecule has 0 spiro atoms. The molecule has 0 saturated heterocycles. The second-order valence-corrected chi connectivity index (χ2v) is 9.83. The van der Waals surface area contributed by atoms with Gasteiger partial charge in [-0.3, -0.25) is 23.7 Å². The fourth-order valence-corrected chi connectivity index (χ4v) is 4.61. The first kappa shape index (κ1) is 30.1. The van der Waals surface area contributed by atoms with Crippen molar-refractivity contribution < 1.29 is 28.2 Å². The molecule has 4 rings (SSSR count). The zero-order valence-electron chi connectivity index (χ0n) is 23.5. The van der Waals surface area contributed by atoms with Gasteiger partial charge in [0.05, 0.1) is 18.8 Å². The summed E-state index contributed by atoms with van der Waals surface area (Å²) in [7, 11) is 2.95. The van der Waals surface area contributed by atoms with Crippen LogP contribution in [0.1, 0.15) is 30.4 Å². The molecule has 0 radical (unpaired) electrons. The lowest BCUT2D eigenvalue weighted by molar-refractivity contribution is -0.149. The number of carbonyl (C=O) groups excluding carboxylic acids is 3. The molecule has 1 aliphatic rings. The fraction of sp³-hybridized carbons (Fsp3) is 0.310. The van der Waals surface area contributed by atoms with E-state index >= 15 is 0 Å². The number of aromatic nitrogens is 3. The number of anilines is 1. The predicted molar refractivity (Wildman–Crippen MR) is 150 cm³/mol. The number of carbonyl (C=O) groups is 3. The highest BCUT2D eigenvalue weighted by Gasteiger charge is 2.31. The number of hydrogen-bond donors (Lipinski definition) is 1. The normalized spacial score (nSPS) is 15.6. The van der Waals surface area contributed by atoms with Crippen molar-refractivity contribution in [2.45, 2.75) is 38.8 Å². The van der Waals surface area contributed by atoms with Crippen LogP contribution in [-0.2, 0) is 30.4 Å². The topological polar surface area (TPSA) is 142 Å². The summed E-state index contributed by atoms with van der Waals surface area (Å²) in [5, 5.41) is 6.82. The number of esters is 1. The molecule has 220 valence electrons. The molecule has 1 N–H and O–H groups in total. The third kappa shape index (κ3) is 6.69. The lowest BCUT2D eigenvalue weighted by Gasteiger charge is -2.28. The van der Waals surface area contributed by atoms with E-state index in [-0.39, 0.29) is 31.2 Å². The first-order valence-corrected chi connectivity index (χ1v) is 13.0. The summed E-state index contributed by atoms with van der Waals surface area (Å²) in [6.07, 6.45) is 1.56. The van der Waals surface area contributed by atoms with Crippen molar-refractivity contribution in [3.8, 4) is 5.69 Å². The van der Waals surface area contributed by atoms with Crippen LogP contribution in [0.4, 0.5) is 10.1 Å². The van der Waals surface area contributed by atoms with E-state index in [0.29, 0.717) is 22.4 Å². The van der Waals surface area contributed by atoms with Gasteiger partial charge in [0.25, 0.3) is 11.5 Å². The van der Waals surface area contributed by atoms with Crippen molar-refractivity contribution in [3.63, 3.8) is 0 Å². The number of halogens is 1. The number of amides is 2. The molecule has 3 aromatic rings. The van der Waals surface area contributed by atoms with Crippen molar-refractivity contribution in [3.05, 3.63) is 98.2 Å². The highest BCUT2D eigenvalue weighted by molar-refractivity contribution is 6.06. The Morgan fingerprint density at radius 1 is 1.14 bits per heavy atom. The highest BCUT2D eigenvalue weighted by atomic mass is 19.1. The van der Waals surface area contributed by atoms with Crippen LogP contribution in [0.25, 0.3) is 5.69 Å². The van der Waals surface area contributed by atoms with Gasteiger partial charge in [0, 0.05) is 50.9 Å². The minimum atomic E-state index is -0.885. The lowest BCUT2D eigenvalue weighted by Crippen LogP contribution is -2.44. The molecule has 2 aromatic carbocycles. The van der Waals surface area contributed by atoms with E-state index in [0.717, 1.165) is 15.4 Å². The van der Waals surface area contributed by atoms with Gasteiger partial charge in [-0.15, -0.1) is 0 Å². The summed E-state index contributed by atoms with van der Waals surface area (Å²) in [5.41, 5.74) is 0.714. The van der Waals surface area contributed by atoms with Crippen molar-refractivity contribution in [1.82, 2.24) is 19.2 Å². The van der Waals surface area contributed by atoms with Crippen molar-refractivity contribution in [2.75, 3.05) is 26.1 Å². The van der Waals surface area contributed by atoms with E-state index in [4.69, 9.17) is 9.47 Å². The molecule has 0 aliphatic carbocycles. The van der Waals surface area contributed by atoms with Crippen LogP contribution in [-0.4, -0.2) is 63.9 Å². The second kappa shape index (κ2) is 12.7. The van der Waals surface area contributed by atoms with Crippen LogP contribution < -0.4 is 16.6 Å². The van der Waals surface area contributed by atoms with Crippen LogP contribution in [0.3, 0.4) is 0 Å². The Kier molecular flexibility index (Phi) is 9.11. The number of rotatable bonds is 9. The molecule has 0 fully saturated rings. The van der Waals surface area contributed by atoms with E-state index in [1.165, 1.54) is 55.5 Å². The van der Waals surface area contributed by atoms with Gasteiger partial charge in [-0.25, -0.2) is 9.18 Å². The number of hydrogen-bond acceptors (Lipinski definition) is 8. The molecule has 0 saturated carbocycles. The number of ether oxygens (including phenoxy) is 2. The first-order valence-electron chi connectivity index (χ1n) is 13.0. The fourth-order valence-electron chi connectivity index (χ4n) is 4.61. The summed E-state index contributed by atoms with van der Waals surface area (Å²) < 4.78 is 25.6. The monoisotopic (exact) mass is 579 g/mol. The van der Waals surface area contributed by atoms with Crippen LogP contribution in [0, 0.1) is 12.7 Å². The van der Waals surface area contributed by atoms with E-state index in [1.807, 2.05) is 0 Å². The van der Waals surface area contributed by atoms with Crippen LogP contribution in [0.2, 0.25) is 0 Å². The Balaban J connectivity index is 1.66. The van der Waals surface area contributed by atoms with E-state index in [2.05, 4.69) is 10.4 Å². The molecule has 12 nitrogen and oxygen atoms in total. The van der Waals surface area contributed by atoms with Crippen molar-refractivity contribution >= 4 is 23.5 Å². The molecule has 2 heterocycles. The highest BCUT2D eigenvalue weighted by Crippen LogP contribution is 2.33. The van der Waals surface area contributed by atoms with Crippen LogP contribution >= 0.6 is 0 Å². The Hall–Kier alpha value is -4.91. The predicted octanol–water partition coefficient (Wildman–Crippen LogP) is 1.89. The van der Waals surface area contributed by atoms with Gasteiger partial charge in [-0.05, 0) is 42.3 Å². The number of nitrogens with zero attached hydrogens (tertiary/aromatic N) is 4. The summed E-state index contributed by atoms with van der Waals surface area (Å²) >= 11 is 0. The summed E-state index contributed by atoms with van der Waals surface area (Å²) in [6.45, 7) is 2.67. The summed E-state index contributed by atoms with van der Waals surface area (Å²) in [6, 6.07) is 10.4. The maximum absolute atomic E-state index is 13.5. The van der Waals surface area contributed by atoms with Gasteiger partial charge in [0.2, 0.25) is 5.91 Å². The van der Waals surface area contributed by atoms with Crippen molar-refractivity contribution in [1.29, 1.82) is 0 Å². The molecule has 1 unspecified atom stereocenters. The Labute approximate surface area is 240 Å². The quantitative estimate of drug-likeness (QED) is 0.379. The zero-order valence-corrected chi connectivity index (χ0v) is 23.5. The minimum absolute atomic E-state index is 0.0265. The smallest absolute Gasteiger partial charge is 0.352 e. The van der Waals surface area contributed by atoms with Gasteiger partial charge < -0.3 is 19.7 Å². The third-order valence-electron chi connectivity index (χ3n) is 6.76. The molecule has 0 bridgehead atoms. The number of benzene rings is 2. The van der Waals surface area contributed by atoms with Gasteiger partial charge in [-0.2, -0.15) is 9.78 Å². The standard InChI is InChI=1S/C29H30FN5O7/c1-17-5-10-21(35-29(40)34(27(38)13-31-35)14-22(16-41-4)42-18(2)36)11-25(17)32-28(39)24-15-33(3)26(37)12-23(24)19-6-8-20(30)9-7-19/h5-11,13,15,22-23H,12,14,16H2,1-4H3,(H,32,39)/t22?,23-/m0/s1. The molecule has 13 heteroatoms. The number of nitrogens with one attached hydrogen (secondary N) is 1. The molecular formula is C29H30FN5O7. The van der Waals surface area contributed by atoms with Crippen molar-refractivity contribution in [2.24, 2.45) is 0 Å². The van der Waals surface area contributed by atoms with Gasteiger partial charge in [0.1, 0.15) is 18.1 Å². The largest absolute Gasteiger partial charge is 0.458 e. The molecular weight excluding hydrogens is 549 g/mol. The Morgan fingerprint density at radius 2 is 1.86 bits per heavy atom. The van der Waals surface area contributed by atoms with Gasteiger partial charge in [0.15, 0.2) is 0 Å². The summed E-state index contributed by atoms with van der Waals surface area (Å²) in [5.74, 6) is -2.30. The van der Waals surface area contributed by atoms with Gasteiger partial charge >= 0.3 is 11.7 Å². The number of methoxy groups -OCH3 is 1. The molecule has 42 heavy (non-hydrogen) atoms. The Morgan fingerprint density at radius 3 is 2.52 bits per heavy atom. The lowest BCUT2D eigenvalue weighted by atomic mass is 9.85. The third-order valence-corrected chi connectivity index (χ3v) is 6.76. The van der Waals surface area contributed by atoms with E-state index in [9.17, 15) is 28.4 Å². The average Bonchev–Trinajstić information content (AvgIpc) is 2.94. The average molecular weight is 580 g/mol. The van der Waals surface area contributed by atoms with E-state index < -0.39 is 41.0 Å². The minimum Gasteiger partial charge on any atom is -0.458 e. The molecule has 2 atom stereocenters. The van der Waals surface area contributed by atoms with Gasteiger partial charge in [-0.1, -0.05) is 18.2 Å². The number of aryl methyl sites for hydroxylation is 1. The van der Waals surface area contributed by atoms with E-state index in [1.54, 1.807) is 26.1 Å². The molecule has 1 aromatic heterocycles. The summed E-state index contributed by atoms with van der Waals surface area (Å²) in [4.78, 5) is 64.6.